The fourth-order valence-electron chi connectivity index (χ4n) is 2.55. The summed E-state index contributed by atoms with van der Waals surface area (Å²) in [5.74, 6) is 0. The third kappa shape index (κ3) is 2.75. The molecule has 1 aromatic heterocycles. The molecule has 1 aromatic rings. The Morgan fingerprint density at radius 1 is 1.44 bits per heavy atom. The van der Waals surface area contributed by atoms with Gasteiger partial charge in [-0.15, -0.1) is 0 Å². The highest BCUT2D eigenvalue weighted by molar-refractivity contribution is 5.01. The molecule has 1 heterocycles. The average molecular weight is 250 g/mol. The fraction of sp³-hybridized carbons (Fsp3) is 0.786. The Bertz CT molecular complexity index is 377. The van der Waals surface area contributed by atoms with E-state index in [0.717, 1.165) is 18.8 Å². The topological polar surface area (TPSA) is 33.1 Å². The van der Waals surface area contributed by atoms with E-state index in [-0.39, 0.29) is 0 Å². The first-order chi connectivity index (χ1) is 8.53. The van der Waals surface area contributed by atoms with Crippen molar-refractivity contribution in [2.24, 2.45) is 0 Å². The summed E-state index contributed by atoms with van der Waals surface area (Å²) in [4.78, 5) is 2.37. The van der Waals surface area contributed by atoms with Crippen LogP contribution in [-0.2, 0) is 6.54 Å². The number of rotatable bonds is 6. The van der Waals surface area contributed by atoms with E-state index in [4.69, 9.17) is 0 Å². The normalized spacial score (nSPS) is 18.3. The number of nitrogens with one attached hydrogen (secondary N) is 1. The predicted octanol–water partition coefficient (Wildman–Crippen LogP) is 2.04. The highest BCUT2D eigenvalue weighted by Crippen LogP contribution is 2.35. The molecule has 102 valence electrons. The molecule has 4 nitrogen and oxygen atoms in total. The summed E-state index contributed by atoms with van der Waals surface area (Å²) < 4.78 is 2.02. The lowest BCUT2D eigenvalue weighted by molar-refractivity contribution is 0.0597. The SMILES string of the molecule is CC(C)n1ccc(CNCC2(N(C)C)CCC2)n1. The Morgan fingerprint density at radius 2 is 2.17 bits per heavy atom. The Morgan fingerprint density at radius 3 is 2.61 bits per heavy atom. The first-order valence-corrected chi connectivity index (χ1v) is 6.96. The van der Waals surface area contributed by atoms with Gasteiger partial charge in [0, 0.05) is 30.9 Å². The number of hydrogen-bond donors (Lipinski definition) is 1. The average Bonchev–Trinajstić information content (AvgIpc) is 2.70. The zero-order valence-corrected chi connectivity index (χ0v) is 12.1. The summed E-state index contributed by atoms with van der Waals surface area (Å²) in [6.07, 6.45) is 6.05. The Hall–Kier alpha value is -0.870. The summed E-state index contributed by atoms with van der Waals surface area (Å²) >= 11 is 0. The molecule has 0 amide bonds. The van der Waals surface area contributed by atoms with Crippen molar-refractivity contribution in [2.75, 3.05) is 20.6 Å². The van der Waals surface area contributed by atoms with Crippen LogP contribution in [-0.4, -0.2) is 40.9 Å². The van der Waals surface area contributed by atoms with Gasteiger partial charge in [-0.25, -0.2) is 0 Å². The van der Waals surface area contributed by atoms with Gasteiger partial charge in [-0.2, -0.15) is 5.10 Å². The lowest BCUT2D eigenvalue weighted by atomic mass is 9.75. The predicted molar refractivity (Wildman–Crippen MR) is 74.6 cm³/mol. The maximum absolute atomic E-state index is 4.56. The van der Waals surface area contributed by atoms with E-state index < -0.39 is 0 Å². The van der Waals surface area contributed by atoms with Crippen LogP contribution in [0.15, 0.2) is 12.3 Å². The van der Waals surface area contributed by atoms with Crippen molar-refractivity contribution in [1.82, 2.24) is 20.0 Å². The lowest BCUT2D eigenvalue weighted by Crippen LogP contribution is -2.56. The molecule has 4 heteroatoms. The quantitative estimate of drug-likeness (QED) is 0.838. The Kier molecular flexibility index (Phi) is 4.07. The highest BCUT2D eigenvalue weighted by Gasteiger charge is 2.38. The van der Waals surface area contributed by atoms with Gasteiger partial charge in [-0.05, 0) is 53.3 Å². The number of aromatic nitrogens is 2. The van der Waals surface area contributed by atoms with Gasteiger partial charge >= 0.3 is 0 Å². The Labute approximate surface area is 110 Å². The van der Waals surface area contributed by atoms with Crippen LogP contribution in [0.4, 0.5) is 0 Å². The first kappa shape index (κ1) is 13.6. The van der Waals surface area contributed by atoms with Gasteiger partial charge in [0.15, 0.2) is 0 Å². The molecule has 2 rings (SSSR count). The first-order valence-electron chi connectivity index (χ1n) is 6.96. The van der Waals surface area contributed by atoms with E-state index >= 15 is 0 Å². The second-order valence-electron chi connectivity index (χ2n) is 5.96. The van der Waals surface area contributed by atoms with Crippen LogP contribution < -0.4 is 5.32 Å². The molecule has 1 fully saturated rings. The number of hydrogen-bond acceptors (Lipinski definition) is 3. The molecule has 0 saturated heterocycles. The molecule has 0 atom stereocenters. The molecule has 18 heavy (non-hydrogen) atoms. The van der Waals surface area contributed by atoms with Crippen LogP contribution in [0.1, 0.15) is 44.8 Å². The maximum Gasteiger partial charge on any atom is 0.0762 e. The molecular formula is C14H26N4. The summed E-state index contributed by atoms with van der Waals surface area (Å²) in [5, 5.41) is 8.12. The van der Waals surface area contributed by atoms with Crippen molar-refractivity contribution < 1.29 is 0 Å². The van der Waals surface area contributed by atoms with E-state index in [9.17, 15) is 0 Å². The second-order valence-corrected chi connectivity index (χ2v) is 5.96. The Balaban J connectivity index is 1.81. The fourth-order valence-corrected chi connectivity index (χ4v) is 2.55. The van der Waals surface area contributed by atoms with E-state index in [2.05, 4.69) is 55.5 Å². The summed E-state index contributed by atoms with van der Waals surface area (Å²) in [6.45, 7) is 6.24. The smallest absolute Gasteiger partial charge is 0.0762 e. The van der Waals surface area contributed by atoms with Gasteiger partial charge in [0.25, 0.3) is 0 Å². The van der Waals surface area contributed by atoms with E-state index in [0.29, 0.717) is 11.6 Å². The molecule has 1 N–H and O–H groups in total. The zero-order chi connectivity index (χ0) is 13.2. The minimum Gasteiger partial charge on any atom is -0.309 e. The van der Waals surface area contributed by atoms with Gasteiger partial charge < -0.3 is 10.2 Å². The minimum absolute atomic E-state index is 0.389. The van der Waals surface area contributed by atoms with Crippen LogP contribution in [0, 0.1) is 0 Å². The monoisotopic (exact) mass is 250 g/mol. The highest BCUT2D eigenvalue weighted by atomic mass is 15.3. The third-order valence-corrected chi connectivity index (χ3v) is 4.19. The molecule has 0 aliphatic heterocycles. The molecule has 1 saturated carbocycles. The molecule has 0 bridgehead atoms. The van der Waals surface area contributed by atoms with Gasteiger partial charge in [-0.1, -0.05) is 0 Å². The number of nitrogens with zero attached hydrogens (tertiary/aromatic N) is 3. The maximum atomic E-state index is 4.56. The van der Waals surface area contributed by atoms with Gasteiger partial charge in [0.1, 0.15) is 0 Å². The second kappa shape index (κ2) is 5.41. The van der Waals surface area contributed by atoms with Gasteiger partial charge in [0.05, 0.1) is 5.69 Å². The lowest BCUT2D eigenvalue weighted by Gasteiger charge is -2.47. The van der Waals surface area contributed by atoms with Gasteiger partial charge in [-0.3, -0.25) is 4.68 Å². The largest absolute Gasteiger partial charge is 0.309 e. The summed E-state index contributed by atoms with van der Waals surface area (Å²) in [5.41, 5.74) is 1.53. The van der Waals surface area contributed by atoms with E-state index in [1.54, 1.807) is 0 Å². The van der Waals surface area contributed by atoms with Crippen molar-refractivity contribution in [3.8, 4) is 0 Å². The summed E-state index contributed by atoms with van der Waals surface area (Å²) in [6, 6.07) is 2.55. The van der Waals surface area contributed by atoms with E-state index in [1.807, 2.05) is 4.68 Å². The molecule has 1 aliphatic rings. The molecule has 1 aliphatic carbocycles. The minimum atomic E-state index is 0.389. The summed E-state index contributed by atoms with van der Waals surface area (Å²) in [7, 11) is 4.38. The van der Waals surface area contributed by atoms with Crippen LogP contribution in [0.25, 0.3) is 0 Å². The van der Waals surface area contributed by atoms with Crippen molar-refractivity contribution in [3.05, 3.63) is 18.0 Å². The molecule has 0 unspecified atom stereocenters. The third-order valence-electron chi connectivity index (χ3n) is 4.19. The van der Waals surface area contributed by atoms with Crippen LogP contribution in [0.5, 0.6) is 0 Å². The van der Waals surface area contributed by atoms with Crippen LogP contribution >= 0.6 is 0 Å². The van der Waals surface area contributed by atoms with Crippen molar-refractivity contribution >= 4 is 0 Å². The van der Waals surface area contributed by atoms with Crippen LogP contribution in [0.3, 0.4) is 0 Å². The zero-order valence-electron chi connectivity index (χ0n) is 12.1. The van der Waals surface area contributed by atoms with Crippen molar-refractivity contribution in [1.29, 1.82) is 0 Å². The van der Waals surface area contributed by atoms with Crippen LogP contribution in [0.2, 0.25) is 0 Å². The van der Waals surface area contributed by atoms with Crippen molar-refractivity contribution in [3.63, 3.8) is 0 Å². The van der Waals surface area contributed by atoms with Gasteiger partial charge in [0.2, 0.25) is 0 Å². The molecule has 0 spiro atoms. The molecule has 0 radical (unpaired) electrons. The molecular weight excluding hydrogens is 224 g/mol. The molecule has 0 aromatic carbocycles. The standard InChI is InChI=1S/C14H26N4/c1-12(2)18-9-6-13(16-18)10-15-11-14(17(3)4)7-5-8-14/h6,9,12,15H,5,7-8,10-11H2,1-4H3. The van der Waals surface area contributed by atoms with Crippen molar-refractivity contribution in [2.45, 2.75) is 51.2 Å². The van der Waals surface area contributed by atoms with E-state index in [1.165, 1.54) is 19.3 Å². The number of likely N-dealkylation sites (N-methyl/N-ethyl adjacent to an activating group) is 1.